The highest BCUT2D eigenvalue weighted by molar-refractivity contribution is 5.27. The largest absolute Gasteiger partial charge is 0.419 e. The first kappa shape index (κ1) is 13.3. The standard InChI is InChI=1S/C12H13F4NO/c13-11-2-1-9(7-10(11)12(14,15)16)8-17-3-5-18-6-4-17/h1-2,7H,3-6,8H2. The molecule has 0 aliphatic carbocycles. The summed E-state index contributed by atoms with van der Waals surface area (Å²) in [6.07, 6.45) is -4.65. The van der Waals surface area contributed by atoms with Gasteiger partial charge in [0.1, 0.15) is 5.82 Å². The second-order valence-corrected chi connectivity index (χ2v) is 4.20. The maximum Gasteiger partial charge on any atom is 0.419 e. The molecule has 1 aliphatic rings. The third kappa shape index (κ3) is 3.20. The lowest BCUT2D eigenvalue weighted by Gasteiger charge is -2.26. The molecule has 2 nitrogen and oxygen atoms in total. The van der Waals surface area contributed by atoms with Crippen LogP contribution in [0.5, 0.6) is 0 Å². The van der Waals surface area contributed by atoms with Crippen molar-refractivity contribution in [3.8, 4) is 0 Å². The van der Waals surface area contributed by atoms with E-state index in [9.17, 15) is 17.6 Å². The average molecular weight is 263 g/mol. The summed E-state index contributed by atoms with van der Waals surface area (Å²) in [5.41, 5.74) is -0.737. The van der Waals surface area contributed by atoms with Gasteiger partial charge < -0.3 is 4.74 Å². The highest BCUT2D eigenvalue weighted by Crippen LogP contribution is 2.32. The van der Waals surface area contributed by atoms with Gasteiger partial charge in [-0.05, 0) is 17.7 Å². The van der Waals surface area contributed by atoms with Crippen molar-refractivity contribution in [3.05, 3.63) is 35.1 Å². The fourth-order valence-corrected chi connectivity index (χ4v) is 1.91. The molecule has 0 spiro atoms. The molecule has 1 fully saturated rings. The van der Waals surface area contributed by atoms with E-state index in [1.54, 1.807) is 0 Å². The number of morpholine rings is 1. The van der Waals surface area contributed by atoms with Crippen LogP contribution in [0.25, 0.3) is 0 Å². The number of nitrogens with zero attached hydrogens (tertiary/aromatic N) is 1. The van der Waals surface area contributed by atoms with Crippen molar-refractivity contribution in [1.82, 2.24) is 4.90 Å². The molecular formula is C12H13F4NO. The lowest BCUT2D eigenvalue weighted by atomic mass is 10.1. The van der Waals surface area contributed by atoms with Gasteiger partial charge in [0.05, 0.1) is 18.8 Å². The average Bonchev–Trinajstić information content (AvgIpc) is 2.31. The third-order valence-corrected chi connectivity index (χ3v) is 2.85. The van der Waals surface area contributed by atoms with Crippen LogP contribution in [0.3, 0.4) is 0 Å². The summed E-state index contributed by atoms with van der Waals surface area (Å²) >= 11 is 0. The molecule has 1 aromatic rings. The normalized spacial score (nSPS) is 18.0. The van der Waals surface area contributed by atoms with E-state index >= 15 is 0 Å². The Morgan fingerprint density at radius 2 is 1.83 bits per heavy atom. The Morgan fingerprint density at radius 3 is 2.44 bits per heavy atom. The topological polar surface area (TPSA) is 12.5 Å². The number of ether oxygens (including phenoxy) is 1. The second kappa shape index (κ2) is 5.24. The van der Waals surface area contributed by atoms with Crippen molar-refractivity contribution in [1.29, 1.82) is 0 Å². The van der Waals surface area contributed by atoms with Gasteiger partial charge in [0.2, 0.25) is 0 Å². The van der Waals surface area contributed by atoms with Gasteiger partial charge >= 0.3 is 6.18 Å². The fourth-order valence-electron chi connectivity index (χ4n) is 1.91. The van der Waals surface area contributed by atoms with Crippen molar-refractivity contribution in [2.24, 2.45) is 0 Å². The molecule has 2 rings (SSSR count). The minimum Gasteiger partial charge on any atom is -0.379 e. The number of hydrogen-bond donors (Lipinski definition) is 0. The van der Waals surface area contributed by atoms with Gasteiger partial charge in [0, 0.05) is 19.6 Å². The van der Waals surface area contributed by atoms with Crippen LogP contribution in [0.1, 0.15) is 11.1 Å². The lowest BCUT2D eigenvalue weighted by Crippen LogP contribution is -2.35. The van der Waals surface area contributed by atoms with E-state index in [1.165, 1.54) is 6.07 Å². The van der Waals surface area contributed by atoms with Gasteiger partial charge in [-0.1, -0.05) is 6.07 Å². The van der Waals surface area contributed by atoms with Crippen LogP contribution < -0.4 is 0 Å². The summed E-state index contributed by atoms with van der Waals surface area (Å²) in [6.45, 7) is 2.89. The Labute approximate surface area is 102 Å². The van der Waals surface area contributed by atoms with Gasteiger partial charge in [-0.25, -0.2) is 4.39 Å². The first-order valence-electron chi connectivity index (χ1n) is 5.62. The minimum atomic E-state index is -4.65. The lowest BCUT2D eigenvalue weighted by molar-refractivity contribution is -0.140. The highest BCUT2D eigenvalue weighted by atomic mass is 19.4. The highest BCUT2D eigenvalue weighted by Gasteiger charge is 2.34. The first-order chi connectivity index (χ1) is 8.47. The zero-order valence-electron chi connectivity index (χ0n) is 9.63. The zero-order valence-corrected chi connectivity index (χ0v) is 9.63. The summed E-state index contributed by atoms with van der Waals surface area (Å²) in [5.74, 6) is -1.23. The predicted octanol–water partition coefficient (Wildman–Crippen LogP) is 2.68. The Bertz CT molecular complexity index is 413. The maximum atomic E-state index is 13.1. The molecule has 100 valence electrons. The van der Waals surface area contributed by atoms with Crippen molar-refractivity contribution in [2.45, 2.75) is 12.7 Å². The summed E-state index contributed by atoms with van der Waals surface area (Å²) in [6, 6.07) is 3.14. The predicted molar refractivity (Wildman–Crippen MR) is 57.5 cm³/mol. The van der Waals surface area contributed by atoms with E-state index in [-0.39, 0.29) is 0 Å². The number of hydrogen-bond acceptors (Lipinski definition) is 2. The molecule has 0 atom stereocenters. The van der Waals surface area contributed by atoms with Crippen molar-refractivity contribution >= 4 is 0 Å². The zero-order chi connectivity index (χ0) is 13.2. The molecule has 1 saturated heterocycles. The van der Waals surface area contributed by atoms with E-state index in [4.69, 9.17) is 4.74 Å². The number of alkyl halides is 3. The van der Waals surface area contributed by atoms with Crippen LogP contribution in [0.4, 0.5) is 17.6 Å². The molecule has 0 N–H and O–H groups in total. The molecule has 0 unspecified atom stereocenters. The van der Waals surface area contributed by atoms with E-state index in [1.807, 2.05) is 4.90 Å². The monoisotopic (exact) mass is 263 g/mol. The van der Waals surface area contributed by atoms with Crippen molar-refractivity contribution in [2.75, 3.05) is 26.3 Å². The Morgan fingerprint density at radius 1 is 1.17 bits per heavy atom. The number of benzene rings is 1. The second-order valence-electron chi connectivity index (χ2n) is 4.20. The summed E-state index contributed by atoms with van der Waals surface area (Å²) in [5, 5.41) is 0. The van der Waals surface area contributed by atoms with E-state index in [0.717, 1.165) is 12.1 Å². The van der Waals surface area contributed by atoms with E-state index in [0.29, 0.717) is 38.4 Å². The summed E-state index contributed by atoms with van der Waals surface area (Å²) in [7, 11) is 0. The SMILES string of the molecule is Fc1ccc(CN2CCOCC2)cc1C(F)(F)F. The number of halogens is 4. The van der Waals surface area contributed by atoms with Crippen LogP contribution >= 0.6 is 0 Å². The van der Waals surface area contributed by atoms with Crippen LogP contribution in [0.2, 0.25) is 0 Å². The maximum absolute atomic E-state index is 13.1. The molecular weight excluding hydrogens is 250 g/mol. The minimum absolute atomic E-state index is 0.382. The van der Waals surface area contributed by atoms with Crippen LogP contribution in [0.15, 0.2) is 18.2 Å². The molecule has 0 aromatic heterocycles. The van der Waals surface area contributed by atoms with Gasteiger partial charge in [-0.2, -0.15) is 13.2 Å². The fraction of sp³-hybridized carbons (Fsp3) is 0.500. The van der Waals surface area contributed by atoms with Gasteiger partial charge in [-0.3, -0.25) is 4.90 Å². The smallest absolute Gasteiger partial charge is 0.379 e. The summed E-state index contributed by atoms with van der Waals surface area (Å²) < 4.78 is 55.8. The van der Waals surface area contributed by atoms with Gasteiger partial charge in [-0.15, -0.1) is 0 Å². The van der Waals surface area contributed by atoms with Gasteiger partial charge in [0.25, 0.3) is 0 Å². The van der Waals surface area contributed by atoms with Crippen molar-refractivity contribution < 1.29 is 22.3 Å². The van der Waals surface area contributed by atoms with Gasteiger partial charge in [0.15, 0.2) is 0 Å². The Balaban J connectivity index is 2.14. The quantitative estimate of drug-likeness (QED) is 0.761. The molecule has 0 radical (unpaired) electrons. The number of rotatable bonds is 2. The molecule has 0 bridgehead atoms. The molecule has 18 heavy (non-hydrogen) atoms. The van der Waals surface area contributed by atoms with Crippen LogP contribution in [-0.4, -0.2) is 31.2 Å². The summed E-state index contributed by atoms with van der Waals surface area (Å²) in [4.78, 5) is 1.98. The van der Waals surface area contributed by atoms with Crippen LogP contribution in [-0.2, 0) is 17.5 Å². The van der Waals surface area contributed by atoms with Crippen LogP contribution in [0, 0.1) is 5.82 Å². The molecule has 1 heterocycles. The molecule has 1 aromatic carbocycles. The molecule has 1 aliphatic heterocycles. The Kier molecular flexibility index (Phi) is 3.87. The Hall–Kier alpha value is -1.14. The first-order valence-corrected chi connectivity index (χ1v) is 5.62. The van der Waals surface area contributed by atoms with E-state index in [2.05, 4.69) is 0 Å². The van der Waals surface area contributed by atoms with E-state index < -0.39 is 17.6 Å². The van der Waals surface area contributed by atoms with Crippen molar-refractivity contribution in [3.63, 3.8) is 0 Å². The molecule has 6 heteroatoms. The third-order valence-electron chi connectivity index (χ3n) is 2.85. The molecule has 0 saturated carbocycles. The molecule has 0 amide bonds.